The van der Waals surface area contributed by atoms with Gasteiger partial charge in [-0.25, -0.2) is 0 Å². The number of nitrogens with one attached hydrogen (secondary N) is 1. The van der Waals surface area contributed by atoms with Gasteiger partial charge in [-0.3, -0.25) is 14.3 Å². The predicted molar refractivity (Wildman–Crippen MR) is 65.1 cm³/mol. The Balaban J connectivity index is 2.74. The third kappa shape index (κ3) is 3.77. The van der Waals surface area contributed by atoms with Gasteiger partial charge in [0.1, 0.15) is 5.69 Å². The van der Waals surface area contributed by atoms with Crippen LogP contribution in [-0.4, -0.2) is 27.2 Å². The van der Waals surface area contributed by atoms with Gasteiger partial charge in [-0.2, -0.15) is 4.39 Å². The quantitative estimate of drug-likeness (QED) is 0.626. The molecule has 0 spiro atoms. The Hall–Kier alpha value is -1.50. The first-order valence-corrected chi connectivity index (χ1v) is 6.56. The maximum absolute atomic E-state index is 13.2. The highest BCUT2D eigenvalue weighted by Crippen LogP contribution is 2.26. The lowest BCUT2D eigenvalue weighted by Gasteiger charge is -2.06. The lowest BCUT2D eigenvalue weighted by Crippen LogP contribution is -2.13. The number of nitro groups is 1. The van der Waals surface area contributed by atoms with E-state index in [1.807, 2.05) is 0 Å². The summed E-state index contributed by atoms with van der Waals surface area (Å²) in [6.45, 7) is 2.10. The van der Waals surface area contributed by atoms with Crippen LogP contribution in [0.3, 0.4) is 0 Å². The standard InChI is InChI=1S/C10H13FN2O3S/c1-2-17(16)7-6-12-9-5-3-4-8(11)10(9)13(14)15/h3-5,12H,2,6-7H2,1H3. The average molecular weight is 260 g/mol. The SMILES string of the molecule is CCS(=O)CCNc1cccc(F)c1[N+](=O)[O-]. The number of nitrogens with zero attached hydrogens (tertiary/aromatic N) is 1. The van der Waals surface area contributed by atoms with Crippen LogP contribution in [0, 0.1) is 15.9 Å². The normalized spacial score (nSPS) is 12.1. The van der Waals surface area contributed by atoms with E-state index in [-0.39, 0.29) is 5.69 Å². The van der Waals surface area contributed by atoms with Crippen LogP contribution in [0.5, 0.6) is 0 Å². The molecule has 0 aromatic heterocycles. The van der Waals surface area contributed by atoms with Crippen LogP contribution in [0.4, 0.5) is 15.8 Å². The molecular formula is C10H13FN2O3S. The molecule has 1 atom stereocenters. The molecule has 0 radical (unpaired) electrons. The number of halogens is 1. The van der Waals surface area contributed by atoms with Crippen LogP contribution in [0.2, 0.25) is 0 Å². The predicted octanol–water partition coefficient (Wildman–Crippen LogP) is 1.91. The number of hydrogen-bond donors (Lipinski definition) is 1. The van der Waals surface area contributed by atoms with E-state index in [0.29, 0.717) is 18.1 Å². The Morgan fingerprint density at radius 1 is 1.53 bits per heavy atom. The summed E-state index contributed by atoms with van der Waals surface area (Å²) in [4.78, 5) is 9.89. The number of benzene rings is 1. The second-order valence-electron chi connectivity index (χ2n) is 3.25. The van der Waals surface area contributed by atoms with Gasteiger partial charge in [0, 0.05) is 28.9 Å². The topological polar surface area (TPSA) is 72.2 Å². The van der Waals surface area contributed by atoms with Crippen molar-refractivity contribution in [2.24, 2.45) is 0 Å². The number of rotatable bonds is 6. The zero-order valence-electron chi connectivity index (χ0n) is 9.31. The molecule has 5 nitrogen and oxygen atoms in total. The number of para-hydroxylation sites is 1. The van der Waals surface area contributed by atoms with Crippen molar-refractivity contribution in [1.29, 1.82) is 0 Å². The summed E-state index contributed by atoms with van der Waals surface area (Å²) >= 11 is 0. The van der Waals surface area contributed by atoms with Gasteiger partial charge < -0.3 is 5.32 Å². The Kier molecular flexibility index (Phi) is 5.02. The molecule has 94 valence electrons. The van der Waals surface area contributed by atoms with Gasteiger partial charge in [0.2, 0.25) is 5.82 Å². The minimum absolute atomic E-state index is 0.114. The highest BCUT2D eigenvalue weighted by molar-refractivity contribution is 7.84. The van der Waals surface area contributed by atoms with Crippen LogP contribution in [-0.2, 0) is 10.8 Å². The zero-order valence-corrected chi connectivity index (χ0v) is 10.1. The molecule has 1 unspecified atom stereocenters. The first-order valence-electron chi connectivity index (χ1n) is 5.08. The summed E-state index contributed by atoms with van der Waals surface area (Å²) < 4.78 is 24.4. The average Bonchev–Trinajstić information content (AvgIpc) is 2.28. The lowest BCUT2D eigenvalue weighted by molar-refractivity contribution is -0.386. The lowest BCUT2D eigenvalue weighted by atomic mass is 10.2. The summed E-state index contributed by atoms with van der Waals surface area (Å²) in [6, 6.07) is 3.85. The molecule has 0 amide bonds. The van der Waals surface area contributed by atoms with Gasteiger partial charge in [-0.05, 0) is 12.1 Å². The maximum Gasteiger partial charge on any atom is 0.327 e. The van der Waals surface area contributed by atoms with E-state index in [2.05, 4.69) is 5.32 Å². The molecule has 0 saturated heterocycles. The Bertz CT molecular complexity index is 440. The van der Waals surface area contributed by atoms with E-state index in [1.54, 1.807) is 6.92 Å². The van der Waals surface area contributed by atoms with E-state index >= 15 is 0 Å². The second-order valence-corrected chi connectivity index (χ2v) is 5.12. The van der Waals surface area contributed by atoms with Crippen molar-refractivity contribution in [2.75, 3.05) is 23.4 Å². The smallest absolute Gasteiger partial charge is 0.327 e. The Morgan fingerprint density at radius 3 is 2.82 bits per heavy atom. The van der Waals surface area contributed by atoms with Crippen molar-refractivity contribution in [2.45, 2.75) is 6.92 Å². The number of anilines is 1. The second kappa shape index (κ2) is 6.29. The van der Waals surface area contributed by atoms with E-state index in [0.717, 1.165) is 6.07 Å². The molecule has 0 bridgehead atoms. The van der Waals surface area contributed by atoms with Crippen LogP contribution >= 0.6 is 0 Å². The molecule has 1 N–H and O–H groups in total. The van der Waals surface area contributed by atoms with Crippen LogP contribution in [0.15, 0.2) is 18.2 Å². The molecule has 17 heavy (non-hydrogen) atoms. The zero-order chi connectivity index (χ0) is 12.8. The van der Waals surface area contributed by atoms with Gasteiger partial charge in [-0.15, -0.1) is 0 Å². The molecule has 0 heterocycles. The number of nitro benzene ring substituents is 1. The largest absolute Gasteiger partial charge is 0.378 e. The van der Waals surface area contributed by atoms with Crippen LogP contribution < -0.4 is 5.32 Å². The van der Waals surface area contributed by atoms with Gasteiger partial charge in [0.25, 0.3) is 0 Å². The fraction of sp³-hybridized carbons (Fsp3) is 0.400. The molecule has 0 aliphatic rings. The highest BCUT2D eigenvalue weighted by atomic mass is 32.2. The van der Waals surface area contributed by atoms with Crippen molar-refractivity contribution < 1.29 is 13.5 Å². The molecule has 0 aliphatic heterocycles. The third-order valence-electron chi connectivity index (χ3n) is 2.14. The maximum atomic E-state index is 13.2. The van der Waals surface area contributed by atoms with Crippen molar-refractivity contribution in [1.82, 2.24) is 0 Å². The molecule has 1 aromatic rings. The Morgan fingerprint density at radius 2 is 2.24 bits per heavy atom. The summed E-state index contributed by atoms with van der Waals surface area (Å²) in [7, 11) is -0.949. The fourth-order valence-corrected chi connectivity index (χ4v) is 1.91. The van der Waals surface area contributed by atoms with Crippen LogP contribution in [0.1, 0.15) is 6.92 Å². The van der Waals surface area contributed by atoms with Crippen molar-refractivity contribution in [3.63, 3.8) is 0 Å². The van der Waals surface area contributed by atoms with Crippen molar-refractivity contribution >= 4 is 22.2 Å². The third-order valence-corrected chi connectivity index (χ3v) is 3.44. The van der Waals surface area contributed by atoms with Gasteiger partial charge in [0.15, 0.2) is 0 Å². The van der Waals surface area contributed by atoms with Crippen molar-refractivity contribution in [3.8, 4) is 0 Å². The minimum Gasteiger partial charge on any atom is -0.378 e. The molecule has 0 saturated carbocycles. The molecule has 1 aromatic carbocycles. The fourth-order valence-electron chi connectivity index (χ4n) is 1.29. The van der Waals surface area contributed by atoms with Crippen molar-refractivity contribution in [3.05, 3.63) is 34.1 Å². The Labute approximate surface area is 101 Å². The molecular weight excluding hydrogens is 247 g/mol. The van der Waals surface area contributed by atoms with Gasteiger partial charge in [-0.1, -0.05) is 13.0 Å². The van der Waals surface area contributed by atoms with E-state index in [9.17, 15) is 18.7 Å². The van der Waals surface area contributed by atoms with E-state index in [4.69, 9.17) is 0 Å². The van der Waals surface area contributed by atoms with E-state index < -0.39 is 27.2 Å². The molecule has 0 aliphatic carbocycles. The molecule has 1 rings (SSSR count). The van der Waals surface area contributed by atoms with Gasteiger partial charge >= 0.3 is 5.69 Å². The number of hydrogen-bond acceptors (Lipinski definition) is 4. The summed E-state index contributed by atoms with van der Waals surface area (Å²) in [6.07, 6.45) is 0. The summed E-state index contributed by atoms with van der Waals surface area (Å²) in [5.41, 5.74) is -0.460. The summed E-state index contributed by atoms with van der Waals surface area (Å²) in [5, 5.41) is 13.4. The minimum atomic E-state index is -0.949. The molecule has 7 heteroatoms. The molecule has 0 fully saturated rings. The van der Waals surface area contributed by atoms with Gasteiger partial charge in [0.05, 0.1) is 4.92 Å². The summed E-state index contributed by atoms with van der Waals surface area (Å²) in [5.74, 6) is 0.0356. The van der Waals surface area contributed by atoms with Crippen LogP contribution in [0.25, 0.3) is 0 Å². The highest BCUT2D eigenvalue weighted by Gasteiger charge is 2.19. The first kappa shape index (κ1) is 13.6. The van der Waals surface area contributed by atoms with E-state index in [1.165, 1.54) is 12.1 Å². The first-order chi connectivity index (χ1) is 8.06. The monoisotopic (exact) mass is 260 g/mol.